The number of pyridine rings is 1. The largest absolute Gasteiger partial charge is 0.462 e. The van der Waals surface area contributed by atoms with Crippen LogP contribution in [0.3, 0.4) is 0 Å². The molecule has 0 radical (unpaired) electrons. The lowest BCUT2D eigenvalue weighted by Crippen LogP contribution is -2.21. The van der Waals surface area contributed by atoms with Gasteiger partial charge in [-0.2, -0.15) is 0 Å². The summed E-state index contributed by atoms with van der Waals surface area (Å²) in [5.41, 5.74) is -0.954. The Labute approximate surface area is 132 Å². The molecule has 118 valence electrons. The standard InChI is InChI=1S/C14H9F2N3O3S/c1-2-22-14(21)8-5-19(12-6-23-18-17-12)11-4-10(16)9(15)3-7(11)13(8)20/h3-6H,2H2,1H3. The van der Waals surface area contributed by atoms with E-state index >= 15 is 0 Å². The molecule has 0 amide bonds. The number of aromatic nitrogens is 3. The van der Waals surface area contributed by atoms with Crippen LogP contribution >= 0.6 is 11.5 Å². The predicted molar refractivity (Wildman–Crippen MR) is 78.9 cm³/mol. The molecule has 0 fully saturated rings. The summed E-state index contributed by atoms with van der Waals surface area (Å²) in [7, 11) is 0. The summed E-state index contributed by atoms with van der Waals surface area (Å²) >= 11 is 1.03. The van der Waals surface area contributed by atoms with Crippen molar-refractivity contribution < 1.29 is 18.3 Å². The van der Waals surface area contributed by atoms with Gasteiger partial charge < -0.3 is 4.74 Å². The van der Waals surface area contributed by atoms with Gasteiger partial charge >= 0.3 is 5.97 Å². The van der Waals surface area contributed by atoms with Crippen LogP contribution in [0.5, 0.6) is 0 Å². The highest BCUT2D eigenvalue weighted by Crippen LogP contribution is 2.20. The molecule has 0 N–H and O–H groups in total. The Kier molecular flexibility index (Phi) is 3.87. The second-order valence-corrected chi connectivity index (χ2v) is 5.12. The van der Waals surface area contributed by atoms with Gasteiger partial charge in [0.25, 0.3) is 0 Å². The lowest BCUT2D eigenvalue weighted by atomic mass is 10.1. The van der Waals surface area contributed by atoms with E-state index in [9.17, 15) is 18.4 Å². The molecule has 9 heteroatoms. The van der Waals surface area contributed by atoms with Crippen molar-refractivity contribution in [2.75, 3.05) is 6.61 Å². The average Bonchev–Trinajstić information content (AvgIpc) is 3.04. The Morgan fingerprint density at radius 3 is 2.74 bits per heavy atom. The molecule has 0 saturated carbocycles. The summed E-state index contributed by atoms with van der Waals surface area (Å²) in [6.45, 7) is 1.67. The normalized spacial score (nSPS) is 10.9. The van der Waals surface area contributed by atoms with Crippen LogP contribution in [0.1, 0.15) is 17.3 Å². The van der Waals surface area contributed by atoms with Crippen molar-refractivity contribution in [3.8, 4) is 5.82 Å². The van der Waals surface area contributed by atoms with Crippen LogP contribution in [0, 0.1) is 11.6 Å². The molecule has 2 aromatic heterocycles. The fraction of sp³-hybridized carbons (Fsp3) is 0.143. The third-order valence-electron chi connectivity index (χ3n) is 3.14. The van der Waals surface area contributed by atoms with Gasteiger partial charge in [-0.05, 0) is 24.5 Å². The van der Waals surface area contributed by atoms with Gasteiger partial charge in [0.05, 0.1) is 22.9 Å². The fourth-order valence-corrected chi connectivity index (χ4v) is 2.56. The number of esters is 1. The fourth-order valence-electron chi connectivity index (χ4n) is 2.13. The van der Waals surface area contributed by atoms with Gasteiger partial charge in [0.2, 0.25) is 5.43 Å². The Bertz CT molecular complexity index is 954. The maximum absolute atomic E-state index is 13.6. The minimum atomic E-state index is -1.18. The van der Waals surface area contributed by atoms with Crippen molar-refractivity contribution in [2.24, 2.45) is 0 Å². The van der Waals surface area contributed by atoms with Crippen LogP contribution in [-0.4, -0.2) is 26.7 Å². The third-order valence-corrected chi connectivity index (χ3v) is 3.63. The number of ether oxygens (including phenoxy) is 1. The van der Waals surface area contributed by atoms with Crippen molar-refractivity contribution in [1.82, 2.24) is 14.2 Å². The number of halogens is 2. The van der Waals surface area contributed by atoms with E-state index in [2.05, 4.69) is 9.59 Å². The third kappa shape index (κ3) is 2.59. The first-order valence-electron chi connectivity index (χ1n) is 6.52. The molecule has 3 aromatic rings. The Balaban J connectivity index is 2.40. The van der Waals surface area contributed by atoms with Crippen LogP contribution in [0.15, 0.2) is 28.5 Å². The van der Waals surface area contributed by atoms with E-state index in [1.165, 1.54) is 10.8 Å². The highest BCUT2D eigenvalue weighted by Gasteiger charge is 2.19. The minimum Gasteiger partial charge on any atom is -0.462 e. The number of hydrogen-bond acceptors (Lipinski definition) is 6. The van der Waals surface area contributed by atoms with Crippen molar-refractivity contribution in [1.29, 1.82) is 0 Å². The number of hydrogen-bond donors (Lipinski definition) is 0. The van der Waals surface area contributed by atoms with Gasteiger partial charge in [0, 0.05) is 12.3 Å². The summed E-state index contributed by atoms with van der Waals surface area (Å²) in [6.07, 6.45) is 1.19. The topological polar surface area (TPSA) is 74.1 Å². The molecule has 0 aliphatic carbocycles. The zero-order valence-corrected chi connectivity index (χ0v) is 12.6. The minimum absolute atomic E-state index is 0.0757. The van der Waals surface area contributed by atoms with Crippen molar-refractivity contribution >= 4 is 28.4 Å². The van der Waals surface area contributed by atoms with Crippen LogP contribution in [-0.2, 0) is 4.74 Å². The van der Waals surface area contributed by atoms with Gasteiger partial charge in [0.1, 0.15) is 5.56 Å². The molecular weight excluding hydrogens is 328 g/mol. The highest BCUT2D eigenvalue weighted by molar-refractivity contribution is 7.03. The van der Waals surface area contributed by atoms with Gasteiger partial charge in [0.15, 0.2) is 17.5 Å². The number of carbonyl (C=O) groups is 1. The number of carbonyl (C=O) groups excluding carboxylic acids is 1. The number of benzene rings is 1. The average molecular weight is 337 g/mol. The van der Waals surface area contributed by atoms with Gasteiger partial charge in [-0.3, -0.25) is 9.36 Å². The lowest BCUT2D eigenvalue weighted by Gasteiger charge is -2.11. The molecule has 0 atom stereocenters. The van der Waals surface area contributed by atoms with E-state index in [0.29, 0.717) is 0 Å². The molecule has 6 nitrogen and oxygen atoms in total. The Morgan fingerprint density at radius 1 is 1.35 bits per heavy atom. The molecule has 0 aliphatic rings. The van der Waals surface area contributed by atoms with Crippen LogP contribution in [0.2, 0.25) is 0 Å². The first-order chi connectivity index (χ1) is 11.0. The summed E-state index contributed by atoms with van der Waals surface area (Å²) in [6, 6.07) is 1.63. The van der Waals surface area contributed by atoms with Crippen LogP contribution < -0.4 is 5.43 Å². The van der Waals surface area contributed by atoms with Gasteiger partial charge in [-0.1, -0.05) is 4.49 Å². The van der Waals surface area contributed by atoms with Crippen LogP contribution in [0.4, 0.5) is 8.78 Å². The Morgan fingerprint density at radius 2 is 2.09 bits per heavy atom. The summed E-state index contributed by atoms with van der Waals surface area (Å²) < 4.78 is 36.9. The molecule has 0 saturated heterocycles. The molecule has 23 heavy (non-hydrogen) atoms. The maximum Gasteiger partial charge on any atom is 0.343 e. The first kappa shape index (κ1) is 15.2. The highest BCUT2D eigenvalue weighted by atomic mass is 32.1. The van der Waals surface area contributed by atoms with E-state index in [1.54, 1.807) is 12.3 Å². The zero-order chi connectivity index (χ0) is 16.6. The van der Waals surface area contributed by atoms with Gasteiger partial charge in [-0.15, -0.1) is 5.10 Å². The van der Waals surface area contributed by atoms with Crippen molar-refractivity contribution in [2.45, 2.75) is 6.92 Å². The monoisotopic (exact) mass is 337 g/mol. The zero-order valence-electron chi connectivity index (χ0n) is 11.7. The maximum atomic E-state index is 13.6. The molecule has 0 bridgehead atoms. The van der Waals surface area contributed by atoms with E-state index in [1.807, 2.05) is 0 Å². The van der Waals surface area contributed by atoms with E-state index in [4.69, 9.17) is 4.74 Å². The molecule has 0 aliphatic heterocycles. The first-order valence-corrected chi connectivity index (χ1v) is 7.35. The Hall–Kier alpha value is -2.68. The molecule has 3 rings (SSSR count). The van der Waals surface area contributed by atoms with E-state index in [0.717, 1.165) is 23.7 Å². The molecule has 0 unspecified atom stereocenters. The predicted octanol–water partition coefficient (Wildman–Crippen LogP) is 2.30. The van der Waals surface area contributed by atoms with Crippen LogP contribution in [0.25, 0.3) is 16.7 Å². The van der Waals surface area contributed by atoms with E-state index < -0.39 is 23.0 Å². The summed E-state index contributed by atoms with van der Waals surface area (Å²) in [5, 5.41) is 5.22. The number of nitrogens with zero attached hydrogens (tertiary/aromatic N) is 3. The van der Waals surface area contributed by atoms with Crippen molar-refractivity contribution in [3.63, 3.8) is 0 Å². The van der Waals surface area contributed by atoms with Gasteiger partial charge in [-0.25, -0.2) is 13.6 Å². The van der Waals surface area contributed by atoms with Crippen molar-refractivity contribution in [3.05, 3.63) is 51.1 Å². The number of fused-ring (bicyclic) bond motifs is 1. The summed E-state index contributed by atoms with van der Waals surface area (Å²) in [5.74, 6) is -2.87. The smallest absolute Gasteiger partial charge is 0.343 e. The molecule has 1 aromatic carbocycles. The SMILES string of the molecule is CCOC(=O)c1cn(-c2csnn2)c2cc(F)c(F)cc2c1=O. The molecule has 2 heterocycles. The second kappa shape index (κ2) is 5.84. The second-order valence-electron chi connectivity index (χ2n) is 4.51. The summed E-state index contributed by atoms with van der Waals surface area (Å²) in [4.78, 5) is 24.3. The number of rotatable bonds is 3. The molecule has 0 spiro atoms. The quantitative estimate of drug-likeness (QED) is 0.686. The van der Waals surface area contributed by atoms with E-state index in [-0.39, 0.29) is 28.9 Å². The lowest BCUT2D eigenvalue weighted by molar-refractivity contribution is 0.0524. The molecular formula is C14H9F2N3O3S.